The van der Waals surface area contributed by atoms with Gasteiger partial charge in [0, 0.05) is 11.6 Å². The number of nitrogens with one attached hydrogen (secondary N) is 1. The Morgan fingerprint density at radius 1 is 1.06 bits per heavy atom. The second kappa shape index (κ2) is 8.61. The van der Waals surface area contributed by atoms with Gasteiger partial charge >= 0.3 is 6.09 Å². The van der Waals surface area contributed by atoms with E-state index < -0.39 is 54.4 Å². The summed E-state index contributed by atoms with van der Waals surface area (Å²) in [7, 11) is 0. The van der Waals surface area contributed by atoms with E-state index in [1.54, 1.807) is 6.20 Å². The van der Waals surface area contributed by atoms with Crippen molar-refractivity contribution >= 4 is 17.4 Å². The number of hydrogen-bond acceptors (Lipinski definition) is 9. The van der Waals surface area contributed by atoms with Crippen LogP contribution in [0.1, 0.15) is 44.3 Å². The number of benzene rings is 1. The molecule has 0 radical (unpaired) electrons. The lowest BCUT2D eigenvalue weighted by Gasteiger charge is -2.40. The van der Waals surface area contributed by atoms with E-state index in [1.165, 1.54) is 11.3 Å². The Balaban J connectivity index is 1.38. The average molecular weight is 477 g/mol. The monoisotopic (exact) mass is 476 g/mol. The van der Waals surface area contributed by atoms with Crippen LogP contribution in [0.25, 0.3) is 0 Å². The molecule has 1 amide bonds. The maximum Gasteiger partial charge on any atom is 0.408 e. The molecule has 0 bridgehead atoms. The molecule has 1 N–H and O–H groups in total. The van der Waals surface area contributed by atoms with Crippen molar-refractivity contribution in [2.24, 2.45) is 0 Å². The van der Waals surface area contributed by atoms with Crippen molar-refractivity contribution in [3.63, 3.8) is 0 Å². The van der Waals surface area contributed by atoms with Gasteiger partial charge in [-0.15, -0.1) is 11.3 Å². The first kappa shape index (κ1) is 22.7. The third-order valence-corrected chi connectivity index (χ3v) is 6.58. The molecule has 0 unspecified atom stereocenters. The first-order valence-electron chi connectivity index (χ1n) is 10.9. The van der Waals surface area contributed by atoms with Crippen LogP contribution in [-0.2, 0) is 35.0 Å². The molecule has 5 rings (SSSR count). The molecule has 33 heavy (non-hydrogen) atoms. The minimum absolute atomic E-state index is 0.150. The molecule has 10 heteroatoms. The van der Waals surface area contributed by atoms with Crippen molar-refractivity contribution in [1.29, 1.82) is 0 Å². The van der Waals surface area contributed by atoms with Crippen molar-refractivity contribution < 1.29 is 33.2 Å². The highest BCUT2D eigenvalue weighted by atomic mass is 32.1. The van der Waals surface area contributed by atoms with Gasteiger partial charge in [0.1, 0.15) is 42.1 Å². The Hall–Kier alpha value is -2.08. The van der Waals surface area contributed by atoms with E-state index in [2.05, 4.69) is 10.3 Å². The normalized spacial score (nSPS) is 32.5. The molecule has 1 aromatic heterocycles. The number of carbonyl (C=O) groups is 1. The van der Waals surface area contributed by atoms with Gasteiger partial charge in [-0.1, -0.05) is 30.3 Å². The van der Waals surface area contributed by atoms with E-state index in [4.69, 9.17) is 28.4 Å². The number of aromatic nitrogens is 1. The summed E-state index contributed by atoms with van der Waals surface area (Å²) in [5.74, 6) is -1.67. The molecule has 1 aromatic carbocycles. The van der Waals surface area contributed by atoms with Crippen LogP contribution < -0.4 is 5.32 Å². The number of alkyl carbamates (subject to hydrolysis) is 1. The highest BCUT2D eigenvalue weighted by Crippen LogP contribution is 2.46. The highest BCUT2D eigenvalue weighted by Gasteiger charge is 2.62. The van der Waals surface area contributed by atoms with Gasteiger partial charge in [-0.3, -0.25) is 0 Å². The van der Waals surface area contributed by atoms with Gasteiger partial charge in [-0.25, -0.2) is 9.78 Å². The number of amides is 1. The van der Waals surface area contributed by atoms with Gasteiger partial charge in [-0.05, 0) is 33.3 Å². The van der Waals surface area contributed by atoms with Crippen LogP contribution in [0.15, 0.2) is 41.9 Å². The molecule has 3 aliphatic rings. The molecule has 0 aliphatic carbocycles. The quantitative estimate of drug-likeness (QED) is 0.700. The zero-order chi connectivity index (χ0) is 23.2. The number of ether oxygens (including phenoxy) is 6. The van der Waals surface area contributed by atoms with E-state index >= 15 is 0 Å². The molecule has 0 spiro atoms. The van der Waals surface area contributed by atoms with Crippen LogP contribution in [0.3, 0.4) is 0 Å². The lowest BCUT2D eigenvalue weighted by atomic mass is 9.94. The molecule has 3 saturated heterocycles. The van der Waals surface area contributed by atoms with Crippen LogP contribution in [0.4, 0.5) is 4.79 Å². The van der Waals surface area contributed by atoms with Crippen LogP contribution in [0.5, 0.6) is 0 Å². The number of carbonyl (C=O) groups excluding carboxylic acids is 1. The SMILES string of the molecule is CC1(C)O[C@@H]2[C@H](O1)[C@H]1OC(C)(C)O[C@H]1O[C@@H]2[C@@H](NC(=O)OCc1ccccc1)c1nccs1. The third kappa shape index (κ3) is 4.77. The molecule has 9 nitrogen and oxygen atoms in total. The van der Waals surface area contributed by atoms with Gasteiger partial charge < -0.3 is 33.7 Å². The zero-order valence-electron chi connectivity index (χ0n) is 18.9. The summed E-state index contributed by atoms with van der Waals surface area (Å²) in [6.45, 7) is 7.50. The molecule has 6 atom stereocenters. The Morgan fingerprint density at radius 2 is 1.76 bits per heavy atom. The summed E-state index contributed by atoms with van der Waals surface area (Å²) in [6, 6.07) is 8.86. The van der Waals surface area contributed by atoms with E-state index in [0.717, 1.165) is 5.56 Å². The number of rotatable bonds is 5. The first-order valence-corrected chi connectivity index (χ1v) is 11.8. The van der Waals surface area contributed by atoms with Crippen molar-refractivity contribution in [2.75, 3.05) is 0 Å². The van der Waals surface area contributed by atoms with Crippen LogP contribution >= 0.6 is 11.3 Å². The van der Waals surface area contributed by atoms with E-state index in [0.29, 0.717) is 5.01 Å². The fourth-order valence-corrected chi connectivity index (χ4v) is 5.20. The molecule has 0 saturated carbocycles. The predicted molar refractivity (Wildman–Crippen MR) is 117 cm³/mol. The maximum atomic E-state index is 12.8. The second-order valence-corrected chi connectivity index (χ2v) is 10.1. The van der Waals surface area contributed by atoms with Crippen molar-refractivity contribution in [1.82, 2.24) is 10.3 Å². The van der Waals surface area contributed by atoms with Crippen LogP contribution in [-0.4, -0.2) is 53.4 Å². The maximum absolute atomic E-state index is 12.8. The molecule has 3 fully saturated rings. The van der Waals surface area contributed by atoms with Crippen molar-refractivity contribution in [3.05, 3.63) is 52.5 Å². The predicted octanol–water partition coefficient (Wildman–Crippen LogP) is 3.51. The van der Waals surface area contributed by atoms with E-state index in [-0.39, 0.29) is 6.61 Å². The lowest BCUT2D eigenvalue weighted by molar-refractivity contribution is -0.240. The molecule has 3 aliphatic heterocycles. The minimum Gasteiger partial charge on any atom is -0.445 e. The summed E-state index contributed by atoms with van der Waals surface area (Å²) < 4.78 is 36.3. The Bertz CT molecular complexity index is 968. The Morgan fingerprint density at radius 3 is 2.48 bits per heavy atom. The summed E-state index contributed by atoms with van der Waals surface area (Å²) in [6.07, 6.45) is -1.61. The average Bonchev–Trinajstić information content (AvgIpc) is 3.47. The lowest BCUT2D eigenvalue weighted by Crippen LogP contribution is -2.58. The van der Waals surface area contributed by atoms with Crippen molar-refractivity contribution in [2.45, 2.75) is 82.6 Å². The summed E-state index contributed by atoms with van der Waals surface area (Å²) in [5, 5.41) is 5.44. The first-order chi connectivity index (χ1) is 15.7. The number of fused-ring (bicyclic) bond motifs is 3. The van der Waals surface area contributed by atoms with Crippen LogP contribution in [0.2, 0.25) is 0 Å². The van der Waals surface area contributed by atoms with E-state index in [9.17, 15) is 4.79 Å². The molecular weight excluding hydrogens is 448 g/mol. The fraction of sp³-hybridized carbons (Fsp3) is 0.565. The molecule has 4 heterocycles. The molecule has 178 valence electrons. The van der Waals surface area contributed by atoms with Gasteiger partial charge in [0.2, 0.25) is 0 Å². The number of nitrogens with zero attached hydrogens (tertiary/aromatic N) is 1. The van der Waals surface area contributed by atoms with Crippen molar-refractivity contribution in [3.8, 4) is 0 Å². The Labute approximate surface area is 196 Å². The van der Waals surface area contributed by atoms with Gasteiger partial charge in [0.05, 0.1) is 0 Å². The van der Waals surface area contributed by atoms with Gasteiger partial charge in [0.15, 0.2) is 17.9 Å². The summed E-state index contributed by atoms with van der Waals surface area (Å²) in [5.41, 5.74) is 0.892. The third-order valence-electron chi connectivity index (χ3n) is 5.72. The molecular formula is C23H28N2O7S. The Kier molecular flexibility index (Phi) is 5.92. The van der Waals surface area contributed by atoms with Gasteiger partial charge in [-0.2, -0.15) is 0 Å². The number of thiazole rings is 1. The van der Waals surface area contributed by atoms with Gasteiger partial charge in [0.25, 0.3) is 0 Å². The zero-order valence-corrected chi connectivity index (χ0v) is 19.7. The van der Waals surface area contributed by atoms with E-state index in [1.807, 2.05) is 63.4 Å². The topological polar surface area (TPSA) is 97.4 Å². The van der Waals surface area contributed by atoms with Crippen LogP contribution in [0, 0.1) is 0 Å². The second-order valence-electron chi connectivity index (χ2n) is 9.19. The smallest absolute Gasteiger partial charge is 0.408 e. The minimum atomic E-state index is -0.844. The largest absolute Gasteiger partial charge is 0.445 e. The standard InChI is InChI=1S/C23H28N2O7S/c1-22(2)29-16-15(28-20-18(17(16)30-22)31-23(3,4)32-20)14(19-24-10-11-33-19)25-21(26)27-12-13-8-6-5-7-9-13/h5-11,14-18,20H,12H2,1-4H3,(H,25,26)/t14-,15-,16+,17+,18-,20-/m1/s1. The highest BCUT2D eigenvalue weighted by molar-refractivity contribution is 7.09. The fourth-order valence-electron chi connectivity index (χ4n) is 4.48. The number of hydrogen-bond donors (Lipinski definition) is 1. The summed E-state index contributed by atoms with van der Waals surface area (Å²) >= 11 is 1.41. The summed E-state index contributed by atoms with van der Waals surface area (Å²) in [4.78, 5) is 17.2. The molecule has 2 aromatic rings.